The van der Waals surface area contributed by atoms with Crippen LogP contribution < -0.4 is 4.74 Å². The van der Waals surface area contributed by atoms with Crippen LogP contribution in [0.15, 0.2) is 35.2 Å². The van der Waals surface area contributed by atoms with E-state index < -0.39 is 5.97 Å². The molecule has 0 aromatic heterocycles. The summed E-state index contributed by atoms with van der Waals surface area (Å²) in [7, 11) is 0. The number of rotatable bonds is 12. The third kappa shape index (κ3) is 6.96. The Morgan fingerprint density at radius 2 is 1.93 bits per heavy atom. The average Bonchev–Trinajstić information content (AvgIpc) is 2.67. The van der Waals surface area contributed by atoms with Gasteiger partial charge < -0.3 is 14.9 Å². The van der Waals surface area contributed by atoms with Crippen molar-refractivity contribution in [1.29, 1.82) is 0 Å². The summed E-state index contributed by atoms with van der Waals surface area (Å²) in [5.74, 6) is 0.473. The first-order valence-corrected chi connectivity index (χ1v) is 11.3. The van der Waals surface area contributed by atoms with Crippen molar-refractivity contribution < 1.29 is 24.5 Å². The number of thioether (sulfide) groups is 1. The number of aromatic hydroxyl groups is 1. The van der Waals surface area contributed by atoms with Crippen LogP contribution in [-0.2, 0) is 17.6 Å². The van der Waals surface area contributed by atoms with Gasteiger partial charge in [0.15, 0.2) is 5.78 Å². The quantitative estimate of drug-likeness (QED) is 0.242. The van der Waals surface area contributed by atoms with E-state index in [1.165, 1.54) is 6.92 Å². The molecule has 0 aliphatic rings. The van der Waals surface area contributed by atoms with E-state index in [2.05, 4.69) is 0 Å². The van der Waals surface area contributed by atoms with Crippen LogP contribution in [0.3, 0.4) is 0 Å². The fraction of sp³-hybridized carbons (Fsp3) is 0.391. The third-order valence-electron chi connectivity index (χ3n) is 4.52. The molecule has 7 heteroatoms. The topological polar surface area (TPSA) is 83.8 Å². The summed E-state index contributed by atoms with van der Waals surface area (Å²) in [6, 6.07) is 8.72. The molecule has 0 spiro atoms. The lowest BCUT2D eigenvalue weighted by molar-refractivity contribution is -0.136. The van der Waals surface area contributed by atoms with Gasteiger partial charge in [-0.2, -0.15) is 0 Å². The largest absolute Gasteiger partial charge is 0.507 e. The number of benzene rings is 2. The maximum absolute atomic E-state index is 11.6. The van der Waals surface area contributed by atoms with E-state index in [0.29, 0.717) is 40.5 Å². The van der Waals surface area contributed by atoms with Crippen molar-refractivity contribution in [3.63, 3.8) is 0 Å². The van der Waals surface area contributed by atoms with Gasteiger partial charge >= 0.3 is 5.97 Å². The van der Waals surface area contributed by atoms with E-state index in [0.717, 1.165) is 29.9 Å². The highest BCUT2D eigenvalue weighted by atomic mass is 35.5. The lowest BCUT2D eigenvalue weighted by Crippen LogP contribution is -2.04. The molecule has 0 heterocycles. The molecule has 0 radical (unpaired) electrons. The Bertz CT molecular complexity index is 897. The van der Waals surface area contributed by atoms with Gasteiger partial charge in [0.1, 0.15) is 11.5 Å². The number of hydrogen-bond acceptors (Lipinski definition) is 5. The summed E-state index contributed by atoms with van der Waals surface area (Å²) in [6.07, 6.45) is 3.20. The molecule has 0 aliphatic carbocycles. The lowest BCUT2D eigenvalue weighted by atomic mass is 10.0. The monoisotopic (exact) mass is 450 g/mol. The highest BCUT2D eigenvalue weighted by Gasteiger charge is 2.15. The zero-order chi connectivity index (χ0) is 22.1. The second-order valence-electron chi connectivity index (χ2n) is 6.98. The van der Waals surface area contributed by atoms with E-state index in [4.69, 9.17) is 21.4 Å². The number of halogens is 1. The molecule has 0 fully saturated rings. The molecular formula is C23H27ClO5S. The van der Waals surface area contributed by atoms with Gasteiger partial charge in [-0.05, 0) is 61.8 Å². The van der Waals surface area contributed by atoms with Gasteiger partial charge in [0.25, 0.3) is 0 Å². The summed E-state index contributed by atoms with van der Waals surface area (Å²) in [5, 5.41) is 19.8. The van der Waals surface area contributed by atoms with Crippen LogP contribution >= 0.6 is 23.4 Å². The van der Waals surface area contributed by atoms with Gasteiger partial charge in [-0.15, -0.1) is 11.8 Å². The smallest absolute Gasteiger partial charge is 0.307 e. The predicted octanol–water partition coefficient (Wildman–Crippen LogP) is 5.78. The van der Waals surface area contributed by atoms with E-state index in [9.17, 15) is 14.7 Å². The number of phenolic OH excluding ortho intramolecular Hbond substituents is 1. The first-order chi connectivity index (χ1) is 14.3. The van der Waals surface area contributed by atoms with Gasteiger partial charge in [0, 0.05) is 10.5 Å². The number of ketones is 1. The van der Waals surface area contributed by atoms with Crippen molar-refractivity contribution in [2.24, 2.45) is 0 Å². The number of Topliss-reactive ketones (excluding diaryl/α,β-unsaturated/α-hetero) is 1. The zero-order valence-electron chi connectivity index (χ0n) is 17.2. The fourth-order valence-electron chi connectivity index (χ4n) is 3.04. The Morgan fingerprint density at radius 1 is 1.17 bits per heavy atom. The SMILES string of the molecule is CCCc1c(OCCCCSc2ccc(CC(=O)O)cc2Cl)ccc(C(C)=O)c1O. The summed E-state index contributed by atoms with van der Waals surface area (Å²) in [5.41, 5.74) is 1.70. The molecule has 2 aromatic rings. The minimum absolute atomic E-state index is 0.0263. The molecule has 0 amide bonds. The molecule has 5 nitrogen and oxygen atoms in total. The summed E-state index contributed by atoms with van der Waals surface area (Å²) in [4.78, 5) is 23.3. The first kappa shape index (κ1) is 24.1. The Hall–Kier alpha value is -2.18. The fourth-order valence-corrected chi connectivity index (χ4v) is 4.34. The minimum Gasteiger partial charge on any atom is -0.507 e. The van der Waals surface area contributed by atoms with Crippen LogP contribution in [-0.4, -0.2) is 34.3 Å². The van der Waals surface area contributed by atoms with Crippen LogP contribution in [0.2, 0.25) is 5.02 Å². The van der Waals surface area contributed by atoms with Gasteiger partial charge in [0.05, 0.1) is 23.6 Å². The Morgan fingerprint density at radius 3 is 2.57 bits per heavy atom. The molecule has 2 aromatic carbocycles. The highest BCUT2D eigenvalue weighted by Crippen LogP contribution is 2.33. The highest BCUT2D eigenvalue weighted by molar-refractivity contribution is 7.99. The number of phenols is 1. The number of unbranched alkanes of at least 4 members (excludes halogenated alkanes) is 1. The van der Waals surface area contributed by atoms with Gasteiger partial charge in [-0.1, -0.05) is 31.0 Å². The number of carboxylic acid groups (broad SMARTS) is 1. The summed E-state index contributed by atoms with van der Waals surface area (Å²) in [6.45, 7) is 3.97. The number of carbonyl (C=O) groups excluding carboxylic acids is 1. The molecule has 0 saturated heterocycles. The molecule has 2 rings (SSSR count). The maximum atomic E-state index is 11.6. The Kier molecular flexibility index (Phi) is 9.53. The molecule has 0 aliphatic heterocycles. The Balaban J connectivity index is 1.82. The van der Waals surface area contributed by atoms with Crippen LogP contribution in [0.5, 0.6) is 11.5 Å². The lowest BCUT2D eigenvalue weighted by Gasteiger charge is -2.14. The molecule has 0 saturated carbocycles. The zero-order valence-corrected chi connectivity index (χ0v) is 18.8. The number of carboxylic acids is 1. The second kappa shape index (κ2) is 11.9. The average molecular weight is 451 g/mol. The molecule has 30 heavy (non-hydrogen) atoms. The third-order valence-corrected chi connectivity index (χ3v) is 6.11. The van der Waals surface area contributed by atoms with Crippen molar-refractivity contribution in [1.82, 2.24) is 0 Å². The number of aliphatic carboxylic acids is 1. The minimum atomic E-state index is -0.877. The van der Waals surface area contributed by atoms with Crippen LogP contribution in [0.25, 0.3) is 0 Å². The molecule has 0 bridgehead atoms. The molecule has 0 unspecified atom stereocenters. The normalized spacial score (nSPS) is 10.8. The molecule has 162 valence electrons. The van der Waals surface area contributed by atoms with Gasteiger partial charge in [0.2, 0.25) is 0 Å². The van der Waals surface area contributed by atoms with Gasteiger partial charge in [-0.3, -0.25) is 9.59 Å². The number of hydrogen-bond donors (Lipinski definition) is 2. The number of carbonyl (C=O) groups is 2. The van der Waals surface area contributed by atoms with Crippen LogP contribution in [0.1, 0.15) is 54.6 Å². The first-order valence-electron chi connectivity index (χ1n) is 9.95. The standard InChI is InChI=1S/C23H27ClO5S/c1-3-6-18-20(9-8-17(15(2)25)23(18)28)29-11-4-5-12-30-21-10-7-16(13-19(21)24)14-22(26)27/h7-10,13,28H,3-6,11-12,14H2,1-2H3,(H,26,27). The molecule has 2 N–H and O–H groups in total. The second-order valence-corrected chi connectivity index (χ2v) is 8.53. The molecular weight excluding hydrogens is 424 g/mol. The summed E-state index contributed by atoms with van der Waals surface area (Å²) < 4.78 is 5.87. The Labute approximate surface area is 186 Å². The summed E-state index contributed by atoms with van der Waals surface area (Å²) >= 11 is 7.87. The predicted molar refractivity (Wildman–Crippen MR) is 120 cm³/mol. The van der Waals surface area contributed by atoms with Crippen LogP contribution in [0, 0.1) is 0 Å². The van der Waals surface area contributed by atoms with Crippen molar-refractivity contribution in [2.75, 3.05) is 12.4 Å². The van der Waals surface area contributed by atoms with Crippen LogP contribution in [0.4, 0.5) is 0 Å². The van der Waals surface area contributed by atoms with Gasteiger partial charge in [-0.25, -0.2) is 0 Å². The van der Waals surface area contributed by atoms with Crippen molar-refractivity contribution in [2.45, 2.75) is 50.8 Å². The van der Waals surface area contributed by atoms with Crippen molar-refractivity contribution in [3.05, 3.63) is 52.0 Å². The molecule has 0 atom stereocenters. The van der Waals surface area contributed by atoms with E-state index >= 15 is 0 Å². The van der Waals surface area contributed by atoms with E-state index in [-0.39, 0.29) is 18.0 Å². The van der Waals surface area contributed by atoms with E-state index in [1.807, 2.05) is 13.0 Å². The van der Waals surface area contributed by atoms with E-state index in [1.54, 1.807) is 36.0 Å². The maximum Gasteiger partial charge on any atom is 0.307 e. The van der Waals surface area contributed by atoms with Crippen molar-refractivity contribution in [3.8, 4) is 11.5 Å². The number of ether oxygens (including phenoxy) is 1. The van der Waals surface area contributed by atoms with Crippen molar-refractivity contribution >= 4 is 35.1 Å².